The van der Waals surface area contributed by atoms with Crippen molar-refractivity contribution in [2.24, 2.45) is 0 Å². The number of nitrogens with zero attached hydrogens (tertiary/aromatic N) is 12. The van der Waals surface area contributed by atoms with E-state index in [1.165, 1.54) is 21.5 Å². The minimum atomic E-state index is 0.929. The molecule has 135 heavy (non-hydrogen) atoms. The van der Waals surface area contributed by atoms with Gasteiger partial charge in [-0.3, -0.25) is 14.5 Å². The molecule has 0 atom stereocenters. The summed E-state index contributed by atoms with van der Waals surface area (Å²) in [6.07, 6.45) is 9.57. The Kier molecular flexibility index (Phi) is 23.0. The van der Waals surface area contributed by atoms with E-state index in [2.05, 4.69) is 563 Å². The Hall–Kier alpha value is -18.4. The first-order valence-electron chi connectivity index (χ1n) is 45.4. The number of pyridine rings is 3. The van der Waals surface area contributed by atoms with Crippen LogP contribution in [0.2, 0.25) is 0 Å². The second-order valence-corrected chi connectivity index (χ2v) is 32.9. The van der Waals surface area contributed by atoms with Crippen molar-refractivity contribution in [3.63, 3.8) is 0 Å². The van der Waals surface area contributed by atoms with Crippen molar-refractivity contribution >= 4 is 168 Å². The van der Waals surface area contributed by atoms with Crippen LogP contribution < -0.4 is 29.4 Å². The summed E-state index contributed by atoms with van der Waals surface area (Å²) in [6.45, 7) is 0. The first kappa shape index (κ1) is 82.3. The smallest absolute Gasteiger partial charge is 0.145 e. The van der Waals surface area contributed by atoms with E-state index in [4.69, 9.17) is 4.98 Å². The number of hydrogen-bond acceptors (Lipinski definition) is 9. The topological polar surface area (TPSA) is 72.9 Å². The third-order valence-electron chi connectivity index (χ3n) is 24.5. The minimum absolute atomic E-state index is 0.929. The summed E-state index contributed by atoms with van der Waals surface area (Å²) in [5.74, 6) is 0. The molecule has 0 aliphatic carbocycles. The largest absolute Gasteiger partial charge is 0.310 e. The lowest BCUT2D eigenvalue weighted by Gasteiger charge is -2.30. The van der Waals surface area contributed by atoms with Crippen LogP contribution >= 0.6 is 0 Å². The van der Waals surface area contributed by atoms with Gasteiger partial charge in [-0.1, -0.05) is 273 Å². The monoisotopic (exact) mass is 1730 g/mol. The molecule has 0 bridgehead atoms. The first-order valence-corrected chi connectivity index (χ1v) is 45.4. The summed E-state index contributed by atoms with van der Waals surface area (Å²) in [6, 6.07) is 182. The number of para-hydroxylation sites is 15. The third kappa shape index (κ3) is 16.6. The Bertz CT molecular complexity index is 6700. The maximum Gasteiger partial charge on any atom is 0.145 e. The highest BCUT2D eigenvalue weighted by Gasteiger charge is 2.27. The number of benzene rings is 18. The van der Waals surface area contributed by atoms with E-state index < -0.39 is 0 Å². The molecule has 12 nitrogen and oxygen atoms in total. The zero-order chi connectivity index (χ0) is 90.0. The highest BCUT2D eigenvalue weighted by atomic mass is 15.2. The SMILES string of the molecule is c1ccc(N(c2ccccc2)c2cc(N(c3ccccc3)c3ccccc3)cc(-n3c4ccccc4c4cccnc43)c2)cc1.c1ccc(N(c2ccccc2)c2cc(N(c3ccccc3)c3ccccc3)cc(-n3c4ccccc4c4ccncc43)c2)cc1.c1ccc(N(c2ccccc2)c2cc(N(c3ccccc3)c3ccccc3)cc(-n3c4ccccc4c4cnccc43)c2)cc1. The van der Waals surface area contributed by atoms with E-state index in [-0.39, 0.29) is 0 Å². The van der Waals surface area contributed by atoms with E-state index in [1.54, 1.807) is 0 Å². The molecular formula is C123H90N12. The van der Waals surface area contributed by atoms with Gasteiger partial charge in [0.05, 0.1) is 85.0 Å². The lowest BCUT2D eigenvalue weighted by molar-refractivity contribution is 1.12. The predicted molar refractivity (Wildman–Crippen MR) is 564 cm³/mol. The quantitative estimate of drug-likeness (QED) is 0.0699. The molecule has 0 aliphatic heterocycles. The molecule has 6 heterocycles. The minimum Gasteiger partial charge on any atom is -0.310 e. The van der Waals surface area contributed by atoms with Gasteiger partial charge in [-0.25, -0.2) is 4.98 Å². The Labute approximate surface area is 784 Å². The van der Waals surface area contributed by atoms with Gasteiger partial charge in [0.1, 0.15) is 5.65 Å². The van der Waals surface area contributed by atoms with Crippen LogP contribution in [0, 0.1) is 0 Å². The number of hydrogen-bond donors (Lipinski definition) is 0. The Morgan fingerprint density at radius 1 is 0.141 bits per heavy atom. The van der Waals surface area contributed by atoms with Gasteiger partial charge in [0.15, 0.2) is 0 Å². The molecule has 24 rings (SSSR count). The summed E-state index contributed by atoms with van der Waals surface area (Å²) in [4.78, 5) is 27.9. The Balaban J connectivity index is 0.000000118. The molecule has 12 heteroatoms. The molecule has 0 saturated heterocycles. The Morgan fingerprint density at radius 3 is 0.644 bits per heavy atom. The van der Waals surface area contributed by atoms with Crippen LogP contribution in [0.1, 0.15) is 0 Å². The molecule has 24 aromatic rings. The van der Waals surface area contributed by atoms with E-state index in [9.17, 15) is 0 Å². The van der Waals surface area contributed by atoms with Gasteiger partial charge in [0.2, 0.25) is 0 Å². The van der Waals surface area contributed by atoms with Gasteiger partial charge >= 0.3 is 0 Å². The van der Waals surface area contributed by atoms with Crippen molar-refractivity contribution < 1.29 is 0 Å². The van der Waals surface area contributed by atoms with E-state index in [0.29, 0.717) is 0 Å². The molecule has 0 fully saturated rings. The standard InChI is InChI=1S/3C41H30N4/c1-5-16-31(17-6-1)43(32-18-7-2-8-19-32)35-28-36(44(33-20-9-3-10-21-33)34-22-11-4-12-23-34)30-37(29-35)45-40-26-14-13-24-38(40)39-25-15-27-42-41(39)45;1-5-15-31(16-6-1)43(32-17-7-2-8-18-32)35-27-36(44(33-19-9-3-10-20-33)34-21-11-4-12-22-34)29-37(28-35)45-40-24-14-13-23-38(40)39-30-42-26-25-41(39)45;1-5-15-31(16-6-1)43(32-17-7-2-8-18-32)35-27-36(44(33-19-9-3-10-20-33)34-21-11-4-12-22-34)29-37(28-35)45-40-24-14-13-23-38(40)39-25-26-42-30-41(39)45/h3*1-30H. The fourth-order valence-electron chi connectivity index (χ4n) is 18.8. The maximum absolute atomic E-state index is 4.91. The van der Waals surface area contributed by atoms with Gasteiger partial charge < -0.3 is 38.5 Å². The van der Waals surface area contributed by atoms with Gasteiger partial charge in [-0.05, 0) is 243 Å². The zero-order valence-corrected chi connectivity index (χ0v) is 73.8. The predicted octanol–water partition coefficient (Wildman–Crippen LogP) is 33.4. The second kappa shape index (κ2) is 37.7. The lowest BCUT2D eigenvalue weighted by Crippen LogP contribution is -2.14. The second-order valence-electron chi connectivity index (χ2n) is 32.9. The highest BCUT2D eigenvalue weighted by Crippen LogP contribution is 2.49. The first-order chi connectivity index (χ1) is 67.0. The fourth-order valence-corrected chi connectivity index (χ4v) is 18.8. The van der Waals surface area contributed by atoms with E-state index >= 15 is 0 Å². The summed E-state index contributed by atoms with van der Waals surface area (Å²) in [7, 11) is 0. The van der Waals surface area contributed by atoms with Crippen LogP contribution in [0.4, 0.5) is 102 Å². The summed E-state index contributed by atoms with van der Waals surface area (Å²) >= 11 is 0. The normalized spacial score (nSPS) is 11.1. The van der Waals surface area contributed by atoms with E-state index in [0.717, 1.165) is 163 Å². The third-order valence-corrected chi connectivity index (χ3v) is 24.5. The summed E-state index contributed by atoms with van der Waals surface area (Å²) < 4.78 is 6.99. The average Bonchev–Trinajstić information content (AvgIpc) is 1.59. The van der Waals surface area contributed by atoms with Gasteiger partial charge in [-0.15, -0.1) is 0 Å². The summed E-state index contributed by atoms with van der Waals surface area (Å²) in [5, 5.41) is 7.00. The Morgan fingerprint density at radius 2 is 0.348 bits per heavy atom. The maximum atomic E-state index is 4.91. The molecule has 0 unspecified atom stereocenters. The molecule has 0 aliphatic rings. The van der Waals surface area contributed by atoms with Crippen molar-refractivity contribution in [3.05, 3.63) is 547 Å². The zero-order valence-electron chi connectivity index (χ0n) is 73.8. The molecule has 0 radical (unpaired) electrons. The van der Waals surface area contributed by atoms with Crippen molar-refractivity contribution in [2.75, 3.05) is 29.4 Å². The summed E-state index contributed by atoms with van der Waals surface area (Å²) in [5.41, 5.74) is 29.0. The van der Waals surface area contributed by atoms with Crippen molar-refractivity contribution in [3.8, 4) is 17.1 Å². The van der Waals surface area contributed by atoms with Crippen molar-refractivity contribution in [2.45, 2.75) is 0 Å². The van der Waals surface area contributed by atoms with Crippen LogP contribution in [0.15, 0.2) is 547 Å². The molecule has 6 aromatic heterocycles. The molecule has 0 N–H and O–H groups in total. The van der Waals surface area contributed by atoms with Crippen molar-refractivity contribution in [1.82, 2.24) is 28.7 Å². The van der Waals surface area contributed by atoms with Crippen LogP contribution in [-0.2, 0) is 0 Å². The van der Waals surface area contributed by atoms with Gasteiger partial charge in [0.25, 0.3) is 0 Å². The number of aromatic nitrogens is 6. The molecule has 0 amide bonds. The van der Waals surface area contributed by atoms with Crippen LogP contribution in [-0.4, -0.2) is 28.7 Å². The molecule has 642 valence electrons. The molecule has 18 aromatic carbocycles. The van der Waals surface area contributed by atoms with Gasteiger partial charge in [0, 0.05) is 125 Å². The average molecular weight is 1740 g/mol. The fraction of sp³-hybridized carbons (Fsp3) is 0. The van der Waals surface area contributed by atoms with Crippen LogP contribution in [0.5, 0.6) is 0 Å². The highest BCUT2D eigenvalue weighted by molar-refractivity contribution is 6.11. The number of anilines is 18. The van der Waals surface area contributed by atoms with Crippen LogP contribution in [0.3, 0.4) is 0 Å². The van der Waals surface area contributed by atoms with Crippen LogP contribution in [0.25, 0.3) is 82.6 Å². The number of fused-ring (bicyclic) bond motifs is 9. The van der Waals surface area contributed by atoms with E-state index in [1.807, 2.05) is 37.1 Å². The molecule has 0 saturated carbocycles. The molecule has 0 spiro atoms. The molecular weight excluding hydrogens is 1650 g/mol. The lowest BCUT2D eigenvalue weighted by atomic mass is 10.1. The van der Waals surface area contributed by atoms with Gasteiger partial charge in [-0.2, -0.15) is 0 Å². The number of rotatable bonds is 21. The van der Waals surface area contributed by atoms with Crippen molar-refractivity contribution in [1.29, 1.82) is 0 Å².